The van der Waals surface area contributed by atoms with E-state index in [1.165, 1.54) is 6.07 Å². The van der Waals surface area contributed by atoms with Crippen LogP contribution >= 0.6 is 0 Å². The lowest BCUT2D eigenvalue weighted by Crippen LogP contribution is -2.37. The van der Waals surface area contributed by atoms with E-state index in [4.69, 9.17) is 0 Å². The van der Waals surface area contributed by atoms with E-state index in [1.807, 2.05) is 0 Å². The predicted molar refractivity (Wildman–Crippen MR) is 67.5 cm³/mol. The third-order valence-electron chi connectivity index (χ3n) is 3.16. The van der Waals surface area contributed by atoms with Crippen LogP contribution in [0, 0.1) is 5.21 Å². The summed E-state index contributed by atoms with van der Waals surface area (Å²) >= 11 is 0. The molecule has 7 nitrogen and oxygen atoms in total. The smallest absolute Gasteiger partial charge is 0.400 e. The molecule has 0 saturated carbocycles. The molecule has 2 atom stereocenters. The molecule has 1 aliphatic rings. The van der Waals surface area contributed by atoms with Gasteiger partial charge in [0.25, 0.3) is 5.71 Å². The molecule has 2 rings (SSSR count). The molecule has 1 aromatic carbocycles. The lowest BCUT2D eigenvalue weighted by atomic mass is 9.90. The molecule has 0 spiro atoms. The molecule has 0 fully saturated rings. The monoisotopic (exact) mass is 279 g/mol. The molecule has 0 amide bonds. The first-order valence-electron chi connectivity index (χ1n) is 5.80. The molecule has 20 heavy (non-hydrogen) atoms. The third-order valence-corrected chi connectivity index (χ3v) is 3.16. The maximum Gasteiger partial charge on any atom is 0.400 e. The number of aliphatic hydroxyl groups excluding tert-OH is 1. The van der Waals surface area contributed by atoms with Crippen LogP contribution in [-0.4, -0.2) is 47.8 Å². The van der Waals surface area contributed by atoms with Crippen LogP contribution < -0.4 is 0 Å². The highest BCUT2D eigenvalue weighted by Crippen LogP contribution is 2.37. The second-order valence-corrected chi connectivity index (χ2v) is 4.18. The maximum atomic E-state index is 12.1. The van der Waals surface area contributed by atoms with Gasteiger partial charge in [0.1, 0.15) is 5.92 Å². The zero-order valence-electron chi connectivity index (χ0n) is 10.9. The van der Waals surface area contributed by atoms with E-state index in [-0.39, 0.29) is 11.4 Å². The van der Waals surface area contributed by atoms with Crippen LogP contribution in [0.25, 0.3) is 0 Å². The molecule has 0 saturated heterocycles. The number of fused-ring (bicyclic) bond motifs is 1. The van der Waals surface area contributed by atoms with Gasteiger partial charge in [0.15, 0.2) is 6.10 Å². The SMILES string of the molecule is COC(=O)C1=[N+]([O-])c2ccccc2[C@H]1[C@@H](O)C(=O)OC. The predicted octanol–water partition coefficient (Wildman–Crippen LogP) is 0.0735. The minimum absolute atomic E-state index is 0.195. The number of carbonyl (C=O) groups excluding carboxylic acids is 2. The van der Waals surface area contributed by atoms with Crippen molar-refractivity contribution in [2.45, 2.75) is 12.0 Å². The second kappa shape index (κ2) is 5.30. The van der Waals surface area contributed by atoms with Gasteiger partial charge < -0.3 is 19.8 Å². The Morgan fingerprint density at radius 2 is 1.95 bits per heavy atom. The maximum absolute atomic E-state index is 12.1. The number of benzene rings is 1. The Bertz CT molecular complexity index is 594. The number of hydrogen-bond acceptors (Lipinski definition) is 6. The number of nitrogens with zero attached hydrogens (tertiary/aromatic N) is 1. The number of carbonyl (C=O) groups is 2. The van der Waals surface area contributed by atoms with E-state index in [2.05, 4.69) is 9.47 Å². The number of ether oxygens (including phenoxy) is 2. The van der Waals surface area contributed by atoms with Gasteiger partial charge in [-0.05, 0) is 0 Å². The topological polar surface area (TPSA) is 98.9 Å². The van der Waals surface area contributed by atoms with Gasteiger partial charge in [0, 0.05) is 11.6 Å². The first-order chi connectivity index (χ1) is 9.52. The van der Waals surface area contributed by atoms with Crippen molar-refractivity contribution in [3.63, 3.8) is 0 Å². The molecule has 1 heterocycles. The Morgan fingerprint density at radius 3 is 2.55 bits per heavy atom. The normalized spacial score (nSPS) is 18.4. The molecule has 0 aromatic heterocycles. The highest BCUT2D eigenvalue weighted by Gasteiger charge is 2.48. The van der Waals surface area contributed by atoms with E-state index < -0.39 is 24.0 Å². The van der Waals surface area contributed by atoms with E-state index in [1.54, 1.807) is 18.2 Å². The molecule has 0 bridgehead atoms. The van der Waals surface area contributed by atoms with Crippen LogP contribution in [-0.2, 0) is 19.1 Å². The molecular weight excluding hydrogens is 266 g/mol. The van der Waals surface area contributed by atoms with Crippen LogP contribution in [0.3, 0.4) is 0 Å². The van der Waals surface area contributed by atoms with Crippen molar-refractivity contribution in [1.82, 2.24) is 0 Å². The number of aliphatic hydroxyl groups is 1. The van der Waals surface area contributed by atoms with Gasteiger partial charge in [-0.15, -0.1) is 0 Å². The van der Waals surface area contributed by atoms with Crippen LogP contribution in [0.4, 0.5) is 5.69 Å². The minimum Gasteiger partial charge on any atom is -0.618 e. The highest BCUT2D eigenvalue weighted by molar-refractivity contribution is 6.38. The van der Waals surface area contributed by atoms with Gasteiger partial charge in [0.2, 0.25) is 5.69 Å². The van der Waals surface area contributed by atoms with Crippen LogP contribution in [0.1, 0.15) is 11.5 Å². The summed E-state index contributed by atoms with van der Waals surface area (Å²) in [6.07, 6.45) is -1.66. The summed E-state index contributed by atoms with van der Waals surface area (Å²) in [6, 6.07) is 6.32. The number of rotatable bonds is 3. The minimum atomic E-state index is -1.66. The fraction of sp³-hybridized carbons (Fsp3) is 0.308. The number of hydrogen-bond donors (Lipinski definition) is 1. The standard InChI is InChI=1S/C13H13NO6/c1-19-12(16)10-9(11(15)13(17)20-2)7-5-3-4-6-8(7)14(10)18/h3-6,9,11,15H,1-2H3/t9-,11-/m1/s1. The van der Waals surface area contributed by atoms with Crippen molar-refractivity contribution in [3.8, 4) is 0 Å². The van der Waals surface area contributed by atoms with Crippen LogP contribution in [0.5, 0.6) is 0 Å². The van der Waals surface area contributed by atoms with E-state index in [9.17, 15) is 19.9 Å². The van der Waals surface area contributed by atoms with Crippen LogP contribution in [0.2, 0.25) is 0 Å². The van der Waals surface area contributed by atoms with Crippen molar-refractivity contribution < 1.29 is 28.9 Å². The van der Waals surface area contributed by atoms with Crippen molar-refractivity contribution in [2.75, 3.05) is 14.2 Å². The van der Waals surface area contributed by atoms with Gasteiger partial charge in [-0.3, -0.25) is 0 Å². The van der Waals surface area contributed by atoms with E-state index >= 15 is 0 Å². The highest BCUT2D eigenvalue weighted by atomic mass is 16.5. The first kappa shape index (κ1) is 14.0. The average Bonchev–Trinajstić information content (AvgIpc) is 2.78. The summed E-state index contributed by atoms with van der Waals surface area (Å²) in [6.45, 7) is 0. The zero-order valence-corrected chi connectivity index (χ0v) is 10.9. The van der Waals surface area contributed by atoms with Gasteiger partial charge in [0.05, 0.1) is 14.2 Å². The summed E-state index contributed by atoms with van der Waals surface area (Å²) in [5.74, 6) is -2.94. The summed E-state index contributed by atoms with van der Waals surface area (Å²) in [5, 5.41) is 22.2. The Kier molecular flexibility index (Phi) is 3.71. The molecule has 0 radical (unpaired) electrons. The lowest BCUT2D eigenvalue weighted by molar-refractivity contribution is -0.357. The van der Waals surface area contributed by atoms with Gasteiger partial charge in [-0.25, -0.2) is 9.59 Å². The molecule has 1 aliphatic heterocycles. The Balaban J connectivity index is 2.57. The van der Waals surface area contributed by atoms with Crippen molar-refractivity contribution in [1.29, 1.82) is 0 Å². The molecule has 106 valence electrons. The first-order valence-corrected chi connectivity index (χ1v) is 5.80. The summed E-state index contributed by atoms with van der Waals surface area (Å²) in [5.41, 5.74) is 0.230. The molecule has 1 aromatic rings. The Labute approximate surface area is 114 Å². The third kappa shape index (κ3) is 2.01. The fourth-order valence-corrected chi connectivity index (χ4v) is 2.23. The Hall–Kier alpha value is -2.41. The molecule has 7 heteroatoms. The van der Waals surface area contributed by atoms with Crippen molar-refractivity contribution >= 4 is 23.3 Å². The number of esters is 2. The molecular formula is C13H13NO6. The molecule has 0 unspecified atom stereocenters. The second-order valence-electron chi connectivity index (χ2n) is 4.18. The zero-order chi connectivity index (χ0) is 14.9. The van der Waals surface area contributed by atoms with Gasteiger partial charge in [-0.2, -0.15) is 4.74 Å². The molecule has 1 N–H and O–H groups in total. The summed E-state index contributed by atoms with van der Waals surface area (Å²) in [4.78, 5) is 23.3. The fourth-order valence-electron chi connectivity index (χ4n) is 2.23. The summed E-state index contributed by atoms with van der Waals surface area (Å²) in [7, 11) is 2.23. The van der Waals surface area contributed by atoms with Crippen molar-refractivity contribution in [3.05, 3.63) is 35.0 Å². The molecule has 0 aliphatic carbocycles. The quantitative estimate of drug-likeness (QED) is 0.477. The van der Waals surface area contributed by atoms with Gasteiger partial charge in [-0.1, -0.05) is 18.2 Å². The summed E-state index contributed by atoms with van der Waals surface area (Å²) < 4.78 is 9.38. The lowest BCUT2D eigenvalue weighted by Gasteiger charge is -2.14. The Morgan fingerprint density at radius 1 is 1.30 bits per heavy atom. The van der Waals surface area contributed by atoms with E-state index in [0.717, 1.165) is 14.2 Å². The number of para-hydroxylation sites is 1. The number of methoxy groups -OCH3 is 2. The van der Waals surface area contributed by atoms with Crippen LogP contribution in [0.15, 0.2) is 24.3 Å². The van der Waals surface area contributed by atoms with Gasteiger partial charge >= 0.3 is 11.9 Å². The average molecular weight is 279 g/mol. The van der Waals surface area contributed by atoms with E-state index in [0.29, 0.717) is 10.3 Å². The van der Waals surface area contributed by atoms with Crippen molar-refractivity contribution in [2.24, 2.45) is 0 Å². The largest absolute Gasteiger partial charge is 0.618 e.